The summed E-state index contributed by atoms with van der Waals surface area (Å²) in [6.07, 6.45) is 7.25. The number of hydrogen-bond acceptors (Lipinski definition) is 3. The second kappa shape index (κ2) is 8.60. The Balaban J connectivity index is 1.83. The van der Waals surface area contributed by atoms with Gasteiger partial charge in [-0.3, -0.25) is 4.90 Å². The van der Waals surface area contributed by atoms with Gasteiger partial charge in [0.2, 0.25) is 0 Å². The average molecular weight is 292 g/mol. The van der Waals surface area contributed by atoms with Crippen LogP contribution in [0.2, 0.25) is 0 Å². The van der Waals surface area contributed by atoms with Gasteiger partial charge in [-0.1, -0.05) is 27.2 Å². The van der Waals surface area contributed by atoms with Crippen molar-refractivity contribution in [1.29, 1.82) is 0 Å². The lowest BCUT2D eigenvalue weighted by Gasteiger charge is -2.19. The molecule has 1 N–H and O–H groups in total. The van der Waals surface area contributed by atoms with Crippen molar-refractivity contribution in [3.05, 3.63) is 23.7 Å². The van der Waals surface area contributed by atoms with Crippen molar-refractivity contribution in [3.8, 4) is 0 Å². The minimum atomic E-state index is 0.692. The van der Waals surface area contributed by atoms with Crippen LogP contribution in [0, 0.1) is 11.8 Å². The van der Waals surface area contributed by atoms with Crippen LogP contribution in [0.15, 0.2) is 16.7 Å². The fourth-order valence-corrected chi connectivity index (χ4v) is 3.15. The molecule has 0 aromatic carbocycles. The normalized spacial score (nSPS) is 20.9. The van der Waals surface area contributed by atoms with Crippen LogP contribution in [-0.2, 0) is 13.1 Å². The summed E-state index contributed by atoms with van der Waals surface area (Å²) in [6.45, 7) is 12.2. The van der Waals surface area contributed by atoms with Gasteiger partial charge in [0.05, 0.1) is 12.8 Å². The van der Waals surface area contributed by atoms with E-state index in [1.807, 2.05) is 6.26 Å². The summed E-state index contributed by atoms with van der Waals surface area (Å²) in [5.41, 5.74) is 1.33. The van der Waals surface area contributed by atoms with Gasteiger partial charge in [0.1, 0.15) is 5.76 Å². The zero-order valence-electron chi connectivity index (χ0n) is 14.0. The van der Waals surface area contributed by atoms with Gasteiger partial charge in [0.15, 0.2) is 0 Å². The number of nitrogens with one attached hydrogen (secondary N) is 1. The predicted octanol–water partition coefficient (Wildman–Crippen LogP) is 4.04. The maximum absolute atomic E-state index is 5.74. The molecule has 2 rings (SSSR count). The molecule has 1 unspecified atom stereocenters. The topological polar surface area (TPSA) is 28.4 Å². The standard InChI is InChI=1S/C18H32N2O/c1-4-16-6-5-9-20(10-7-16)14-18-17(8-11-21-18)13-19-12-15(2)3/h8,11,15-16,19H,4-7,9-10,12-14H2,1-3H3. The highest BCUT2D eigenvalue weighted by Gasteiger charge is 2.18. The fraction of sp³-hybridized carbons (Fsp3) is 0.778. The van der Waals surface area contributed by atoms with Crippen molar-refractivity contribution in [2.45, 2.75) is 59.5 Å². The molecule has 1 atom stereocenters. The molecule has 3 heteroatoms. The van der Waals surface area contributed by atoms with Crippen molar-refractivity contribution in [2.24, 2.45) is 11.8 Å². The zero-order valence-corrected chi connectivity index (χ0v) is 14.0. The largest absolute Gasteiger partial charge is 0.468 e. The molecule has 21 heavy (non-hydrogen) atoms. The van der Waals surface area contributed by atoms with Gasteiger partial charge in [-0.25, -0.2) is 0 Å². The van der Waals surface area contributed by atoms with E-state index in [1.165, 1.54) is 44.3 Å². The molecule has 0 amide bonds. The van der Waals surface area contributed by atoms with E-state index in [2.05, 4.69) is 37.1 Å². The third kappa shape index (κ3) is 5.48. The van der Waals surface area contributed by atoms with Gasteiger partial charge in [0.25, 0.3) is 0 Å². The molecule has 0 bridgehead atoms. The van der Waals surface area contributed by atoms with Gasteiger partial charge in [-0.15, -0.1) is 0 Å². The van der Waals surface area contributed by atoms with Gasteiger partial charge in [-0.2, -0.15) is 0 Å². The smallest absolute Gasteiger partial charge is 0.122 e. The van der Waals surface area contributed by atoms with Crippen LogP contribution in [0.1, 0.15) is 57.8 Å². The highest BCUT2D eigenvalue weighted by molar-refractivity contribution is 5.16. The van der Waals surface area contributed by atoms with Crippen molar-refractivity contribution < 1.29 is 4.42 Å². The van der Waals surface area contributed by atoms with E-state index in [-0.39, 0.29) is 0 Å². The lowest BCUT2D eigenvalue weighted by atomic mass is 9.98. The Bertz CT molecular complexity index is 400. The molecule has 1 saturated heterocycles. The lowest BCUT2D eigenvalue weighted by Crippen LogP contribution is -2.25. The zero-order chi connectivity index (χ0) is 15.1. The third-order valence-electron chi connectivity index (χ3n) is 4.59. The summed E-state index contributed by atoms with van der Waals surface area (Å²) >= 11 is 0. The molecule has 1 aliphatic heterocycles. The van der Waals surface area contributed by atoms with E-state index < -0.39 is 0 Å². The molecular weight excluding hydrogens is 260 g/mol. The first kappa shape index (κ1) is 16.6. The third-order valence-corrected chi connectivity index (χ3v) is 4.59. The van der Waals surface area contributed by atoms with Gasteiger partial charge in [0, 0.05) is 12.1 Å². The molecule has 0 saturated carbocycles. The van der Waals surface area contributed by atoms with Crippen molar-refractivity contribution in [3.63, 3.8) is 0 Å². The maximum Gasteiger partial charge on any atom is 0.122 e. The molecule has 0 aliphatic carbocycles. The molecule has 1 aromatic heterocycles. The van der Waals surface area contributed by atoms with E-state index in [9.17, 15) is 0 Å². The first-order valence-corrected chi connectivity index (χ1v) is 8.67. The van der Waals surface area contributed by atoms with E-state index in [0.717, 1.165) is 31.3 Å². The first-order chi connectivity index (χ1) is 10.2. The highest BCUT2D eigenvalue weighted by Crippen LogP contribution is 2.22. The van der Waals surface area contributed by atoms with Crippen LogP contribution in [0.3, 0.4) is 0 Å². The molecule has 2 heterocycles. The molecule has 1 aliphatic rings. The van der Waals surface area contributed by atoms with Crippen LogP contribution < -0.4 is 5.32 Å². The second-order valence-electron chi connectivity index (χ2n) is 6.88. The number of nitrogens with zero attached hydrogens (tertiary/aromatic N) is 1. The summed E-state index contributed by atoms with van der Waals surface area (Å²) in [5, 5.41) is 3.51. The number of furan rings is 1. The average Bonchev–Trinajstić information content (AvgIpc) is 2.76. The Hall–Kier alpha value is -0.800. The van der Waals surface area contributed by atoms with Crippen LogP contribution >= 0.6 is 0 Å². The number of likely N-dealkylation sites (tertiary alicyclic amines) is 1. The number of hydrogen-bond donors (Lipinski definition) is 1. The molecular formula is C18H32N2O. The van der Waals surface area contributed by atoms with Crippen LogP contribution in [0.25, 0.3) is 0 Å². The quantitative estimate of drug-likeness (QED) is 0.822. The Labute approximate surface area is 130 Å². The number of rotatable bonds is 7. The van der Waals surface area contributed by atoms with Crippen LogP contribution in [0.5, 0.6) is 0 Å². The summed E-state index contributed by atoms with van der Waals surface area (Å²) in [5.74, 6) is 2.77. The molecule has 120 valence electrons. The van der Waals surface area contributed by atoms with Crippen molar-refractivity contribution >= 4 is 0 Å². The second-order valence-corrected chi connectivity index (χ2v) is 6.88. The van der Waals surface area contributed by atoms with Crippen LogP contribution in [-0.4, -0.2) is 24.5 Å². The predicted molar refractivity (Wildman–Crippen MR) is 88.2 cm³/mol. The Morgan fingerprint density at radius 1 is 1.33 bits per heavy atom. The van der Waals surface area contributed by atoms with E-state index in [0.29, 0.717) is 5.92 Å². The Morgan fingerprint density at radius 2 is 2.19 bits per heavy atom. The minimum Gasteiger partial charge on any atom is -0.468 e. The van der Waals surface area contributed by atoms with E-state index in [1.54, 1.807) is 0 Å². The van der Waals surface area contributed by atoms with Crippen LogP contribution in [0.4, 0.5) is 0 Å². The van der Waals surface area contributed by atoms with Crippen molar-refractivity contribution in [1.82, 2.24) is 10.2 Å². The molecule has 3 nitrogen and oxygen atoms in total. The summed E-state index contributed by atoms with van der Waals surface area (Å²) in [4.78, 5) is 2.57. The monoisotopic (exact) mass is 292 g/mol. The SMILES string of the molecule is CCC1CCCN(Cc2occc2CNCC(C)C)CC1. The van der Waals surface area contributed by atoms with E-state index in [4.69, 9.17) is 4.42 Å². The first-order valence-electron chi connectivity index (χ1n) is 8.67. The Morgan fingerprint density at radius 3 is 2.95 bits per heavy atom. The van der Waals surface area contributed by atoms with Gasteiger partial charge >= 0.3 is 0 Å². The maximum atomic E-state index is 5.74. The fourth-order valence-electron chi connectivity index (χ4n) is 3.15. The summed E-state index contributed by atoms with van der Waals surface area (Å²) < 4.78 is 5.74. The molecule has 0 spiro atoms. The minimum absolute atomic E-state index is 0.692. The molecule has 1 aromatic rings. The van der Waals surface area contributed by atoms with Crippen molar-refractivity contribution in [2.75, 3.05) is 19.6 Å². The van der Waals surface area contributed by atoms with Gasteiger partial charge < -0.3 is 9.73 Å². The summed E-state index contributed by atoms with van der Waals surface area (Å²) in [6, 6.07) is 2.12. The molecule has 0 radical (unpaired) electrons. The Kier molecular flexibility index (Phi) is 6.78. The molecule has 1 fully saturated rings. The summed E-state index contributed by atoms with van der Waals surface area (Å²) in [7, 11) is 0. The van der Waals surface area contributed by atoms with Gasteiger partial charge in [-0.05, 0) is 56.8 Å². The lowest BCUT2D eigenvalue weighted by molar-refractivity contribution is 0.248. The highest BCUT2D eigenvalue weighted by atomic mass is 16.3. The van der Waals surface area contributed by atoms with E-state index >= 15 is 0 Å².